The highest BCUT2D eigenvalue weighted by molar-refractivity contribution is 5.74. The second-order valence-electron chi connectivity index (χ2n) is 2.40. The van der Waals surface area contributed by atoms with E-state index in [1.807, 2.05) is 7.05 Å². The fraction of sp³-hybridized carbons (Fsp3) is 0.833. The third-order valence-corrected chi connectivity index (χ3v) is 1.63. The number of rotatable bonds is 1. The zero-order valence-corrected chi connectivity index (χ0v) is 5.85. The van der Waals surface area contributed by atoms with Crippen LogP contribution in [0.1, 0.15) is 12.8 Å². The number of hydrogen-bond acceptors (Lipinski definition) is 1. The molecule has 3 nitrogen and oxygen atoms in total. The standard InChI is InChI=1S/C6H12N2O/c1-7-6(9)8(2)5-3-4-5/h5H,3-4H2,1-2H3,(H,7,9). The first-order valence-electron chi connectivity index (χ1n) is 3.20. The Kier molecular flexibility index (Phi) is 1.60. The average molecular weight is 128 g/mol. The molecule has 0 radical (unpaired) electrons. The Morgan fingerprint density at radius 1 is 1.67 bits per heavy atom. The van der Waals surface area contributed by atoms with Crippen molar-refractivity contribution in [3.05, 3.63) is 0 Å². The molecule has 0 bridgehead atoms. The smallest absolute Gasteiger partial charge is 0.317 e. The molecule has 52 valence electrons. The number of hydrogen-bond donors (Lipinski definition) is 1. The van der Waals surface area contributed by atoms with E-state index >= 15 is 0 Å². The number of carbonyl (C=O) groups is 1. The van der Waals surface area contributed by atoms with E-state index in [2.05, 4.69) is 5.32 Å². The van der Waals surface area contributed by atoms with Gasteiger partial charge in [0.15, 0.2) is 0 Å². The SMILES string of the molecule is CNC(=O)N(C)C1CC1. The fourth-order valence-electron chi connectivity index (χ4n) is 0.804. The molecule has 1 aliphatic rings. The molecule has 1 saturated carbocycles. The maximum Gasteiger partial charge on any atom is 0.317 e. The average Bonchev–Trinajstić information content (AvgIpc) is 2.66. The van der Waals surface area contributed by atoms with Gasteiger partial charge >= 0.3 is 6.03 Å². The van der Waals surface area contributed by atoms with Gasteiger partial charge in [0.25, 0.3) is 0 Å². The van der Waals surface area contributed by atoms with E-state index < -0.39 is 0 Å². The molecule has 0 atom stereocenters. The van der Waals surface area contributed by atoms with E-state index in [9.17, 15) is 4.79 Å². The Morgan fingerprint density at radius 2 is 2.22 bits per heavy atom. The van der Waals surface area contributed by atoms with Gasteiger partial charge in [-0.05, 0) is 12.8 Å². The number of nitrogens with zero attached hydrogens (tertiary/aromatic N) is 1. The van der Waals surface area contributed by atoms with Crippen LogP contribution in [0.5, 0.6) is 0 Å². The van der Waals surface area contributed by atoms with E-state index in [-0.39, 0.29) is 6.03 Å². The maximum atomic E-state index is 10.8. The number of carbonyl (C=O) groups excluding carboxylic acids is 1. The van der Waals surface area contributed by atoms with Gasteiger partial charge in [-0.2, -0.15) is 0 Å². The van der Waals surface area contributed by atoms with Gasteiger partial charge in [0, 0.05) is 20.1 Å². The molecule has 0 unspecified atom stereocenters. The fourth-order valence-corrected chi connectivity index (χ4v) is 0.804. The van der Waals surface area contributed by atoms with Crippen LogP contribution in [-0.2, 0) is 0 Å². The van der Waals surface area contributed by atoms with Crippen molar-refractivity contribution < 1.29 is 4.79 Å². The largest absolute Gasteiger partial charge is 0.341 e. The Hall–Kier alpha value is -0.730. The summed E-state index contributed by atoms with van der Waals surface area (Å²) in [7, 11) is 3.48. The van der Waals surface area contributed by atoms with E-state index in [4.69, 9.17) is 0 Å². The quantitative estimate of drug-likeness (QED) is 0.545. The van der Waals surface area contributed by atoms with Gasteiger partial charge in [-0.25, -0.2) is 4.79 Å². The Labute approximate surface area is 55.0 Å². The molecule has 1 N–H and O–H groups in total. The van der Waals surface area contributed by atoms with Gasteiger partial charge in [0.1, 0.15) is 0 Å². The summed E-state index contributed by atoms with van der Waals surface area (Å²) in [4.78, 5) is 12.6. The molecule has 0 saturated heterocycles. The summed E-state index contributed by atoms with van der Waals surface area (Å²) >= 11 is 0. The van der Waals surface area contributed by atoms with Crippen LogP contribution in [0.15, 0.2) is 0 Å². The summed E-state index contributed by atoms with van der Waals surface area (Å²) < 4.78 is 0. The summed E-state index contributed by atoms with van der Waals surface area (Å²) in [5, 5.41) is 2.57. The van der Waals surface area contributed by atoms with Crippen molar-refractivity contribution in [1.29, 1.82) is 0 Å². The lowest BCUT2D eigenvalue weighted by atomic mass is 10.6. The normalized spacial score (nSPS) is 17.1. The Morgan fingerprint density at radius 3 is 2.56 bits per heavy atom. The van der Waals surface area contributed by atoms with Gasteiger partial charge in [-0.15, -0.1) is 0 Å². The molecule has 9 heavy (non-hydrogen) atoms. The van der Waals surface area contributed by atoms with Gasteiger partial charge < -0.3 is 10.2 Å². The number of urea groups is 1. The third-order valence-electron chi connectivity index (χ3n) is 1.63. The number of amides is 2. The van der Waals surface area contributed by atoms with Gasteiger partial charge in [-0.3, -0.25) is 0 Å². The maximum absolute atomic E-state index is 10.8. The van der Waals surface area contributed by atoms with Crippen molar-refractivity contribution in [3.63, 3.8) is 0 Å². The van der Waals surface area contributed by atoms with Crippen molar-refractivity contribution in [2.45, 2.75) is 18.9 Å². The minimum atomic E-state index is 0.0255. The predicted molar refractivity (Wildman–Crippen MR) is 35.2 cm³/mol. The minimum absolute atomic E-state index is 0.0255. The first kappa shape index (κ1) is 6.39. The highest BCUT2D eigenvalue weighted by atomic mass is 16.2. The van der Waals surface area contributed by atoms with Crippen LogP contribution < -0.4 is 5.32 Å². The summed E-state index contributed by atoms with van der Waals surface area (Å²) in [6.45, 7) is 0. The molecule has 1 rings (SSSR count). The topological polar surface area (TPSA) is 32.3 Å². The van der Waals surface area contributed by atoms with Gasteiger partial charge in [-0.1, -0.05) is 0 Å². The molecular weight excluding hydrogens is 116 g/mol. The molecule has 1 aliphatic carbocycles. The molecule has 0 heterocycles. The summed E-state index contributed by atoms with van der Waals surface area (Å²) in [5.41, 5.74) is 0. The molecule has 0 aliphatic heterocycles. The van der Waals surface area contributed by atoms with Crippen molar-refractivity contribution in [3.8, 4) is 0 Å². The van der Waals surface area contributed by atoms with Crippen molar-refractivity contribution in [2.75, 3.05) is 14.1 Å². The van der Waals surface area contributed by atoms with E-state index in [1.54, 1.807) is 11.9 Å². The van der Waals surface area contributed by atoms with E-state index in [1.165, 1.54) is 12.8 Å². The highest BCUT2D eigenvalue weighted by Gasteiger charge is 2.28. The summed E-state index contributed by atoms with van der Waals surface area (Å²) in [6.07, 6.45) is 2.34. The molecule has 3 heteroatoms. The first-order valence-corrected chi connectivity index (χ1v) is 3.20. The molecule has 2 amide bonds. The van der Waals surface area contributed by atoms with E-state index in [0.717, 1.165) is 0 Å². The van der Waals surface area contributed by atoms with Crippen LogP contribution >= 0.6 is 0 Å². The Balaban J connectivity index is 2.30. The van der Waals surface area contributed by atoms with Gasteiger partial charge in [0.05, 0.1) is 0 Å². The summed E-state index contributed by atoms with van der Waals surface area (Å²) in [6, 6.07) is 0.544. The Bertz CT molecular complexity index is 120. The lowest BCUT2D eigenvalue weighted by Gasteiger charge is -2.14. The minimum Gasteiger partial charge on any atom is -0.341 e. The second-order valence-corrected chi connectivity index (χ2v) is 2.40. The zero-order valence-electron chi connectivity index (χ0n) is 5.85. The van der Waals surface area contributed by atoms with Crippen LogP contribution in [0, 0.1) is 0 Å². The van der Waals surface area contributed by atoms with Crippen molar-refractivity contribution in [1.82, 2.24) is 10.2 Å². The van der Waals surface area contributed by atoms with E-state index in [0.29, 0.717) is 6.04 Å². The van der Waals surface area contributed by atoms with Crippen LogP contribution in [0.4, 0.5) is 4.79 Å². The molecule has 0 aromatic rings. The molecule has 0 aromatic heterocycles. The molecule has 0 aromatic carbocycles. The summed E-state index contributed by atoms with van der Waals surface area (Å²) in [5.74, 6) is 0. The lowest BCUT2D eigenvalue weighted by Crippen LogP contribution is -2.36. The van der Waals surface area contributed by atoms with Gasteiger partial charge in [0.2, 0.25) is 0 Å². The molecule has 0 spiro atoms. The third kappa shape index (κ3) is 1.34. The number of nitrogens with one attached hydrogen (secondary N) is 1. The second kappa shape index (κ2) is 2.25. The molecular formula is C6H12N2O. The highest BCUT2D eigenvalue weighted by Crippen LogP contribution is 2.24. The molecule has 1 fully saturated rings. The van der Waals surface area contributed by atoms with Crippen LogP contribution in [0.3, 0.4) is 0 Å². The van der Waals surface area contributed by atoms with Crippen molar-refractivity contribution in [2.24, 2.45) is 0 Å². The monoisotopic (exact) mass is 128 g/mol. The van der Waals surface area contributed by atoms with Crippen LogP contribution in [0.2, 0.25) is 0 Å². The van der Waals surface area contributed by atoms with Crippen molar-refractivity contribution >= 4 is 6.03 Å². The first-order chi connectivity index (χ1) is 4.25. The van der Waals surface area contributed by atoms with Crippen LogP contribution in [0.25, 0.3) is 0 Å². The zero-order chi connectivity index (χ0) is 6.85. The lowest BCUT2D eigenvalue weighted by molar-refractivity contribution is 0.209. The predicted octanol–water partition coefficient (Wildman–Crippen LogP) is 0.420. The van der Waals surface area contributed by atoms with Crippen LogP contribution in [-0.4, -0.2) is 31.1 Å².